The van der Waals surface area contributed by atoms with E-state index >= 15 is 0 Å². The standard InChI is InChI=1S/C10H20N2O2/c1-4-12(7-9(2,3)14)8(13)10(11)5-6-10/h14H,4-7,11H2,1-3H3. The Bertz CT molecular complexity index is 229. The van der Waals surface area contributed by atoms with E-state index in [4.69, 9.17) is 5.73 Å². The Morgan fingerprint density at radius 1 is 1.57 bits per heavy atom. The lowest BCUT2D eigenvalue weighted by atomic mass is 10.1. The topological polar surface area (TPSA) is 66.6 Å². The predicted octanol–water partition coefficient (Wildman–Crippen LogP) is 0.0971. The van der Waals surface area contributed by atoms with E-state index in [9.17, 15) is 9.90 Å². The number of rotatable bonds is 4. The molecule has 3 N–H and O–H groups in total. The van der Waals surface area contributed by atoms with Crippen LogP contribution in [0.25, 0.3) is 0 Å². The Morgan fingerprint density at radius 3 is 2.36 bits per heavy atom. The molecule has 0 unspecified atom stereocenters. The van der Waals surface area contributed by atoms with E-state index in [1.165, 1.54) is 0 Å². The minimum atomic E-state index is -0.850. The molecule has 0 aromatic carbocycles. The smallest absolute Gasteiger partial charge is 0.242 e. The number of hydrogen-bond acceptors (Lipinski definition) is 3. The second kappa shape index (κ2) is 3.51. The second-order valence-corrected chi connectivity index (χ2v) is 4.79. The molecule has 1 rings (SSSR count). The van der Waals surface area contributed by atoms with Gasteiger partial charge < -0.3 is 15.7 Å². The summed E-state index contributed by atoms with van der Waals surface area (Å²) in [6.45, 7) is 6.23. The molecule has 1 aliphatic rings. The van der Waals surface area contributed by atoms with Crippen LogP contribution in [0.4, 0.5) is 0 Å². The molecule has 0 aliphatic heterocycles. The first-order valence-electron chi connectivity index (χ1n) is 5.09. The van der Waals surface area contributed by atoms with E-state index in [-0.39, 0.29) is 5.91 Å². The molecule has 1 saturated carbocycles. The van der Waals surface area contributed by atoms with Gasteiger partial charge in [0.2, 0.25) is 5.91 Å². The molecule has 4 heteroatoms. The zero-order valence-electron chi connectivity index (χ0n) is 9.21. The Kier molecular flexibility index (Phi) is 2.88. The van der Waals surface area contributed by atoms with Gasteiger partial charge in [-0.25, -0.2) is 0 Å². The third-order valence-corrected chi connectivity index (χ3v) is 2.46. The fraction of sp³-hybridized carbons (Fsp3) is 0.900. The van der Waals surface area contributed by atoms with E-state index < -0.39 is 11.1 Å². The van der Waals surface area contributed by atoms with E-state index in [0.717, 1.165) is 12.8 Å². The largest absolute Gasteiger partial charge is 0.389 e. The fourth-order valence-electron chi connectivity index (χ4n) is 1.46. The van der Waals surface area contributed by atoms with Crippen molar-refractivity contribution in [3.63, 3.8) is 0 Å². The van der Waals surface area contributed by atoms with Crippen molar-refractivity contribution in [1.29, 1.82) is 0 Å². The second-order valence-electron chi connectivity index (χ2n) is 4.79. The first-order valence-corrected chi connectivity index (χ1v) is 5.09. The van der Waals surface area contributed by atoms with E-state index in [1.54, 1.807) is 18.7 Å². The summed E-state index contributed by atoms with van der Waals surface area (Å²) in [6, 6.07) is 0. The van der Waals surface area contributed by atoms with Crippen LogP contribution in [0.15, 0.2) is 0 Å². The molecule has 1 aliphatic carbocycles. The van der Waals surface area contributed by atoms with Crippen LogP contribution in [-0.4, -0.2) is 40.1 Å². The minimum Gasteiger partial charge on any atom is -0.389 e. The van der Waals surface area contributed by atoms with Crippen LogP contribution in [0.3, 0.4) is 0 Å². The van der Waals surface area contributed by atoms with Crippen molar-refractivity contribution in [3.05, 3.63) is 0 Å². The number of aliphatic hydroxyl groups is 1. The number of nitrogens with two attached hydrogens (primary N) is 1. The average Bonchev–Trinajstić information content (AvgIpc) is 2.78. The maximum Gasteiger partial charge on any atom is 0.242 e. The molecule has 0 saturated heterocycles. The van der Waals surface area contributed by atoms with Gasteiger partial charge in [-0.2, -0.15) is 0 Å². The van der Waals surface area contributed by atoms with Crippen molar-refractivity contribution in [2.75, 3.05) is 13.1 Å². The van der Waals surface area contributed by atoms with Crippen molar-refractivity contribution in [3.8, 4) is 0 Å². The Labute approximate surface area is 85.1 Å². The van der Waals surface area contributed by atoms with Gasteiger partial charge >= 0.3 is 0 Å². The van der Waals surface area contributed by atoms with Crippen molar-refractivity contribution in [2.45, 2.75) is 44.8 Å². The van der Waals surface area contributed by atoms with Gasteiger partial charge in [0.05, 0.1) is 11.1 Å². The third kappa shape index (κ3) is 2.69. The van der Waals surface area contributed by atoms with Gasteiger partial charge in [-0.15, -0.1) is 0 Å². The summed E-state index contributed by atoms with van der Waals surface area (Å²) in [4.78, 5) is 13.5. The number of likely N-dealkylation sites (N-methyl/N-ethyl adjacent to an activating group) is 1. The molecule has 0 aromatic heterocycles. The minimum absolute atomic E-state index is 0.0258. The molecule has 1 amide bonds. The summed E-state index contributed by atoms with van der Waals surface area (Å²) in [6.07, 6.45) is 1.54. The van der Waals surface area contributed by atoms with Crippen molar-refractivity contribution < 1.29 is 9.90 Å². The Hall–Kier alpha value is -0.610. The summed E-state index contributed by atoms with van der Waals surface area (Å²) >= 11 is 0. The summed E-state index contributed by atoms with van der Waals surface area (Å²) in [7, 11) is 0. The highest BCUT2D eigenvalue weighted by Gasteiger charge is 2.48. The third-order valence-electron chi connectivity index (χ3n) is 2.46. The summed E-state index contributed by atoms with van der Waals surface area (Å²) in [5, 5.41) is 9.62. The maximum atomic E-state index is 11.8. The van der Waals surface area contributed by atoms with Gasteiger partial charge in [0.15, 0.2) is 0 Å². The SMILES string of the molecule is CCN(CC(C)(C)O)C(=O)C1(N)CC1. The van der Waals surface area contributed by atoms with Gasteiger partial charge in [-0.3, -0.25) is 4.79 Å². The first-order chi connectivity index (χ1) is 6.28. The zero-order valence-corrected chi connectivity index (χ0v) is 9.21. The first kappa shape index (κ1) is 11.5. The zero-order chi connectivity index (χ0) is 11.0. The number of carbonyl (C=O) groups is 1. The van der Waals surface area contributed by atoms with Gasteiger partial charge in [0.25, 0.3) is 0 Å². The van der Waals surface area contributed by atoms with E-state index in [2.05, 4.69) is 0 Å². The quantitative estimate of drug-likeness (QED) is 0.676. The molecule has 0 radical (unpaired) electrons. The van der Waals surface area contributed by atoms with Gasteiger partial charge in [0.1, 0.15) is 0 Å². The molecular formula is C10H20N2O2. The van der Waals surface area contributed by atoms with Gasteiger partial charge in [0, 0.05) is 13.1 Å². The molecular weight excluding hydrogens is 180 g/mol. The monoisotopic (exact) mass is 200 g/mol. The van der Waals surface area contributed by atoms with Crippen LogP contribution in [0.5, 0.6) is 0 Å². The van der Waals surface area contributed by atoms with Crippen LogP contribution in [0.1, 0.15) is 33.6 Å². The molecule has 0 heterocycles. The van der Waals surface area contributed by atoms with E-state index in [0.29, 0.717) is 13.1 Å². The number of nitrogens with zero attached hydrogens (tertiary/aromatic N) is 1. The molecule has 14 heavy (non-hydrogen) atoms. The van der Waals surface area contributed by atoms with Crippen LogP contribution in [0, 0.1) is 0 Å². The highest BCUT2D eigenvalue weighted by molar-refractivity contribution is 5.89. The molecule has 82 valence electrons. The average molecular weight is 200 g/mol. The Morgan fingerprint density at radius 2 is 2.07 bits per heavy atom. The summed E-state index contributed by atoms with van der Waals surface area (Å²) in [5.74, 6) is -0.0258. The summed E-state index contributed by atoms with van der Waals surface area (Å²) < 4.78 is 0. The van der Waals surface area contributed by atoms with Gasteiger partial charge in [-0.1, -0.05) is 0 Å². The molecule has 0 bridgehead atoms. The molecule has 0 spiro atoms. The number of carbonyl (C=O) groups excluding carboxylic acids is 1. The maximum absolute atomic E-state index is 11.8. The highest BCUT2D eigenvalue weighted by atomic mass is 16.3. The van der Waals surface area contributed by atoms with Crippen molar-refractivity contribution in [1.82, 2.24) is 4.90 Å². The lowest BCUT2D eigenvalue weighted by Crippen LogP contribution is -2.50. The predicted molar refractivity (Wildman–Crippen MR) is 54.7 cm³/mol. The normalized spacial score (nSPS) is 19.2. The lowest BCUT2D eigenvalue weighted by Gasteiger charge is -2.30. The molecule has 4 nitrogen and oxygen atoms in total. The molecule has 0 atom stereocenters. The lowest BCUT2D eigenvalue weighted by molar-refractivity contribution is -0.136. The van der Waals surface area contributed by atoms with Crippen molar-refractivity contribution >= 4 is 5.91 Å². The van der Waals surface area contributed by atoms with Gasteiger partial charge in [-0.05, 0) is 33.6 Å². The van der Waals surface area contributed by atoms with Crippen LogP contribution < -0.4 is 5.73 Å². The fourth-order valence-corrected chi connectivity index (χ4v) is 1.46. The number of amides is 1. The highest BCUT2D eigenvalue weighted by Crippen LogP contribution is 2.34. The van der Waals surface area contributed by atoms with Crippen LogP contribution >= 0.6 is 0 Å². The Balaban J connectivity index is 2.58. The van der Waals surface area contributed by atoms with Crippen molar-refractivity contribution in [2.24, 2.45) is 5.73 Å². The van der Waals surface area contributed by atoms with Crippen LogP contribution in [-0.2, 0) is 4.79 Å². The molecule has 1 fully saturated rings. The number of hydrogen-bond donors (Lipinski definition) is 2. The summed E-state index contributed by atoms with van der Waals surface area (Å²) in [5.41, 5.74) is 4.34. The van der Waals surface area contributed by atoms with Crippen LogP contribution in [0.2, 0.25) is 0 Å². The van der Waals surface area contributed by atoms with E-state index in [1.807, 2.05) is 6.92 Å². The molecule has 0 aromatic rings.